The number of ether oxygens (including phenoxy) is 2. The highest BCUT2D eigenvalue weighted by Crippen LogP contribution is 2.47. The molecule has 5 aromatic carbocycles. The standard InChI is InChI=1S/C51H41N3O2/c1-31-16-20-36(21-17-31)48-42-26-24-40(52-42)46(34-12-8-6-9-13-34)38-30-39(51(56-5)33(3)50(38)55-4)47(35-14-10-7-11-15-35)41-25-27-43(53-41)49(45-29-28-44(48)54-45)37-22-18-32(2)19-23-37/h6-30,54H,1-5H3. The lowest BCUT2D eigenvalue weighted by atomic mass is 9.87. The van der Waals surface area contributed by atoms with Crippen LogP contribution in [0.1, 0.15) is 50.1 Å². The number of H-pyrrole nitrogens is 1. The molecule has 0 saturated heterocycles. The van der Waals surface area contributed by atoms with E-state index < -0.39 is 0 Å². The first-order valence-electron chi connectivity index (χ1n) is 18.9. The lowest BCUT2D eigenvalue weighted by Gasteiger charge is -2.23. The molecule has 3 aliphatic heterocycles. The van der Waals surface area contributed by atoms with Crippen LogP contribution in [0.4, 0.5) is 0 Å². The zero-order valence-electron chi connectivity index (χ0n) is 32.1. The highest BCUT2D eigenvalue weighted by Gasteiger charge is 2.28. The van der Waals surface area contributed by atoms with Gasteiger partial charge in [-0.05, 0) is 85.5 Å². The molecule has 0 spiro atoms. The molecule has 8 bridgehead atoms. The average Bonchev–Trinajstić information content (AvgIpc) is 4.01. The molecule has 0 unspecified atom stereocenters. The van der Waals surface area contributed by atoms with Gasteiger partial charge in [-0.2, -0.15) is 0 Å². The van der Waals surface area contributed by atoms with Gasteiger partial charge < -0.3 is 14.5 Å². The van der Waals surface area contributed by atoms with Crippen LogP contribution in [0.2, 0.25) is 0 Å². The fraction of sp³-hybridized carbons (Fsp3) is 0.0980. The van der Waals surface area contributed by atoms with E-state index in [0.29, 0.717) is 0 Å². The van der Waals surface area contributed by atoms with Crippen LogP contribution in [0, 0.1) is 20.8 Å². The summed E-state index contributed by atoms with van der Waals surface area (Å²) in [7, 11) is 3.45. The number of nitrogens with one attached hydrogen (secondary N) is 1. The number of benzene rings is 5. The monoisotopic (exact) mass is 727 g/mol. The van der Waals surface area contributed by atoms with E-state index in [-0.39, 0.29) is 0 Å². The molecule has 56 heavy (non-hydrogen) atoms. The fourth-order valence-electron chi connectivity index (χ4n) is 8.06. The third-order valence-electron chi connectivity index (χ3n) is 10.7. The fourth-order valence-corrected chi connectivity index (χ4v) is 8.06. The Balaban J connectivity index is 1.49. The van der Waals surface area contributed by atoms with Gasteiger partial charge in [-0.1, -0.05) is 120 Å². The normalized spacial score (nSPS) is 14.7. The van der Waals surface area contributed by atoms with Gasteiger partial charge in [-0.3, -0.25) is 0 Å². The van der Waals surface area contributed by atoms with E-state index in [1.807, 2.05) is 12.1 Å². The van der Waals surface area contributed by atoms with Crippen molar-refractivity contribution >= 4 is 33.7 Å². The third kappa shape index (κ3) is 6.08. The van der Waals surface area contributed by atoms with Crippen LogP contribution in [-0.2, 0) is 0 Å². The maximum atomic E-state index is 6.30. The Morgan fingerprint density at radius 3 is 1.21 bits per heavy atom. The smallest absolute Gasteiger partial charge is 0.133 e. The van der Waals surface area contributed by atoms with Crippen molar-refractivity contribution in [1.29, 1.82) is 0 Å². The average molecular weight is 728 g/mol. The van der Waals surface area contributed by atoms with Gasteiger partial charge in [0.1, 0.15) is 11.5 Å². The summed E-state index contributed by atoms with van der Waals surface area (Å²) in [6, 6.07) is 44.8. The highest BCUT2D eigenvalue weighted by molar-refractivity contribution is 6.31. The zero-order chi connectivity index (χ0) is 38.3. The molecule has 272 valence electrons. The molecule has 0 atom stereocenters. The number of hydrogen-bond donors (Lipinski definition) is 1. The van der Waals surface area contributed by atoms with Gasteiger partial charge in [0.2, 0.25) is 0 Å². The summed E-state index contributed by atoms with van der Waals surface area (Å²) in [5.41, 5.74) is 16.7. The summed E-state index contributed by atoms with van der Waals surface area (Å²) in [4.78, 5) is 14.8. The minimum Gasteiger partial charge on any atom is -0.496 e. The molecule has 3 aliphatic rings. The summed E-state index contributed by atoms with van der Waals surface area (Å²) < 4.78 is 12.6. The van der Waals surface area contributed by atoms with E-state index in [2.05, 4.69) is 165 Å². The molecule has 5 nitrogen and oxygen atoms in total. The van der Waals surface area contributed by atoms with Gasteiger partial charge in [-0.15, -0.1) is 0 Å². The van der Waals surface area contributed by atoms with Gasteiger partial charge in [0.25, 0.3) is 0 Å². The van der Waals surface area contributed by atoms with Crippen LogP contribution in [0.15, 0.2) is 173 Å². The molecule has 1 N–H and O–H groups in total. The molecule has 0 amide bonds. The minimum atomic E-state index is 0.727. The molecule has 0 radical (unpaired) electrons. The van der Waals surface area contributed by atoms with Gasteiger partial charge in [-0.25, -0.2) is 9.98 Å². The van der Waals surface area contributed by atoms with Crippen molar-refractivity contribution < 1.29 is 9.47 Å². The van der Waals surface area contributed by atoms with Crippen LogP contribution in [0.3, 0.4) is 0 Å². The number of aromatic nitrogens is 1. The predicted molar refractivity (Wildman–Crippen MR) is 230 cm³/mol. The number of aromatic amines is 1. The summed E-state index contributed by atoms with van der Waals surface area (Å²) in [6.07, 6.45) is 8.52. The van der Waals surface area contributed by atoms with Crippen LogP contribution in [0.5, 0.6) is 11.5 Å². The topological polar surface area (TPSA) is 59.0 Å². The van der Waals surface area contributed by atoms with E-state index in [4.69, 9.17) is 19.5 Å². The number of aryl methyl sites for hydroxylation is 2. The van der Waals surface area contributed by atoms with Gasteiger partial charge in [0, 0.05) is 49.7 Å². The Labute approximate surface area is 327 Å². The number of allylic oxidation sites excluding steroid dienone is 4. The molecular formula is C51H41N3O2. The Hall–Kier alpha value is -6.98. The number of methoxy groups -OCH3 is 2. The Morgan fingerprint density at radius 1 is 0.429 bits per heavy atom. The van der Waals surface area contributed by atoms with E-state index in [1.54, 1.807) is 14.2 Å². The molecule has 1 aromatic heterocycles. The minimum absolute atomic E-state index is 0.727. The van der Waals surface area contributed by atoms with Crippen molar-refractivity contribution in [3.8, 4) is 11.5 Å². The molecule has 9 rings (SSSR count). The second-order valence-corrected chi connectivity index (χ2v) is 14.3. The number of aliphatic imine (C=N–C) groups is 2. The first kappa shape index (κ1) is 34.8. The Kier molecular flexibility index (Phi) is 8.91. The maximum Gasteiger partial charge on any atom is 0.133 e. The third-order valence-corrected chi connectivity index (χ3v) is 10.7. The molecule has 6 aromatic rings. The number of hydrogen-bond acceptors (Lipinski definition) is 4. The SMILES string of the molecule is COc1c2cc(c(OC)c1C)C(c1ccccc1)=C1C=CC(=N1)C(c1ccc(C)cc1)=c1ccc([nH]1)=C(c1ccc(C)cc1)C1=NC(=C2c2ccccc2)C=C1. The summed E-state index contributed by atoms with van der Waals surface area (Å²) in [5.74, 6) is 1.45. The lowest BCUT2D eigenvalue weighted by molar-refractivity contribution is 0.387. The molecule has 0 aliphatic carbocycles. The van der Waals surface area contributed by atoms with Crippen LogP contribution in [-0.4, -0.2) is 30.6 Å². The van der Waals surface area contributed by atoms with Gasteiger partial charge >= 0.3 is 0 Å². The number of nitrogens with zero attached hydrogens (tertiary/aromatic N) is 2. The maximum absolute atomic E-state index is 6.30. The molecule has 0 saturated carbocycles. The molecule has 5 heteroatoms. The zero-order valence-corrected chi connectivity index (χ0v) is 32.1. The number of rotatable bonds is 6. The van der Waals surface area contributed by atoms with E-state index >= 15 is 0 Å². The van der Waals surface area contributed by atoms with Crippen LogP contribution < -0.4 is 20.2 Å². The van der Waals surface area contributed by atoms with Crippen molar-refractivity contribution in [1.82, 2.24) is 4.98 Å². The molecular weight excluding hydrogens is 687 g/mol. The van der Waals surface area contributed by atoms with E-state index in [9.17, 15) is 0 Å². The summed E-state index contributed by atoms with van der Waals surface area (Å²) >= 11 is 0. The summed E-state index contributed by atoms with van der Waals surface area (Å²) in [6.45, 7) is 6.29. The van der Waals surface area contributed by atoms with E-state index in [1.165, 1.54) is 11.1 Å². The van der Waals surface area contributed by atoms with Crippen molar-refractivity contribution in [2.24, 2.45) is 9.98 Å². The highest BCUT2D eigenvalue weighted by atomic mass is 16.5. The van der Waals surface area contributed by atoms with Crippen molar-refractivity contribution in [3.63, 3.8) is 0 Å². The molecule has 4 heterocycles. The lowest BCUT2D eigenvalue weighted by Crippen LogP contribution is -2.21. The van der Waals surface area contributed by atoms with Gasteiger partial charge in [0.05, 0.1) is 37.0 Å². The second kappa shape index (κ2) is 14.3. The number of fused-ring (bicyclic) bond motifs is 6. The molecule has 0 fully saturated rings. The van der Waals surface area contributed by atoms with Crippen molar-refractivity contribution in [2.75, 3.05) is 14.2 Å². The van der Waals surface area contributed by atoms with Gasteiger partial charge in [0.15, 0.2) is 0 Å². The summed E-state index contributed by atoms with van der Waals surface area (Å²) in [5, 5.41) is 1.94. The van der Waals surface area contributed by atoms with E-state index in [0.717, 1.165) is 106 Å². The predicted octanol–water partition coefficient (Wildman–Crippen LogP) is 9.61. The van der Waals surface area contributed by atoms with Crippen molar-refractivity contribution in [2.45, 2.75) is 20.8 Å². The quantitative estimate of drug-likeness (QED) is 0.186. The first-order valence-corrected chi connectivity index (χ1v) is 18.9. The Morgan fingerprint density at radius 2 is 0.821 bits per heavy atom. The second-order valence-electron chi connectivity index (χ2n) is 14.3. The van der Waals surface area contributed by atoms with Crippen molar-refractivity contribution in [3.05, 3.63) is 224 Å². The van der Waals surface area contributed by atoms with Crippen LogP contribution >= 0.6 is 0 Å². The Bertz CT molecular complexity index is 2660. The largest absolute Gasteiger partial charge is 0.496 e. The van der Waals surface area contributed by atoms with Crippen LogP contribution in [0.25, 0.3) is 22.3 Å². The first-order chi connectivity index (χ1) is 27.4.